The Kier molecular flexibility index (Phi) is 5.54. The van der Waals surface area contributed by atoms with Gasteiger partial charge in [0.15, 0.2) is 0 Å². The minimum atomic E-state index is -0.667. The minimum Gasteiger partial charge on any atom is -0.336 e. The third-order valence-electron chi connectivity index (χ3n) is 4.82. The van der Waals surface area contributed by atoms with Crippen molar-refractivity contribution in [1.29, 1.82) is 0 Å². The molecule has 0 aromatic heterocycles. The normalized spacial score (nSPS) is 20.8. The number of nitrogens with zero attached hydrogens (tertiary/aromatic N) is 2. The molecule has 1 unspecified atom stereocenters. The lowest BCUT2D eigenvalue weighted by Crippen LogP contribution is -2.55. The fourth-order valence-corrected chi connectivity index (χ4v) is 3.41. The molecule has 1 saturated heterocycles. The second-order valence-corrected chi connectivity index (χ2v) is 6.90. The molecule has 1 aromatic rings. The first kappa shape index (κ1) is 18.4. The third-order valence-corrected chi connectivity index (χ3v) is 4.82. The lowest BCUT2D eigenvalue weighted by atomic mass is 10.0. The van der Waals surface area contributed by atoms with Gasteiger partial charge in [0.25, 0.3) is 0 Å². The highest BCUT2D eigenvalue weighted by Gasteiger charge is 2.31. The molecule has 140 valence electrons. The van der Waals surface area contributed by atoms with E-state index in [1.165, 1.54) is 17.0 Å². The number of hydrogen-bond donors (Lipinski definition) is 1. The van der Waals surface area contributed by atoms with Crippen LogP contribution in [0.3, 0.4) is 0 Å². The van der Waals surface area contributed by atoms with Crippen LogP contribution in [0, 0.1) is 11.6 Å². The Hall–Kier alpha value is -2.44. The van der Waals surface area contributed by atoms with Gasteiger partial charge in [-0.2, -0.15) is 0 Å². The zero-order valence-corrected chi connectivity index (χ0v) is 14.8. The van der Waals surface area contributed by atoms with Crippen molar-refractivity contribution in [3.8, 4) is 0 Å². The number of hydrogen-bond acceptors (Lipinski definition) is 2. The Morgan fingerprint density at radius 1 is 1.31 bits per heavy atom. The van der Waals surface area contributed by atoms with E-state index in [1.807, 2.05) is 6.92 Å². The van der Waals surface area contributed by atoms with Crippen molar-refractivity contribution in [3.63, 3.8) is 0 Å². The second kappa shape index (κ2) is 7.85. The average Bonchev–Trinajstić information content (AvgIpc) is 2.60. The van der Waals surface area contributed by atoms with E-state index < -0.39 is 17.7 Å². The van der Waals surface area contributed by atoms with E-state index in [4.69, 9.17) is 0 Å². The number of nitrogens with one attached hydrogen (secondary N) is 1. The van der Waals surface area contributed by atoms with Crippen molar-refractivity contribution in [2.24, 2.45) is 0 Å². The van der Waals surface area contributed by atoms with Crippen LogP contribution in [-0.2, 0) is 11.3 Å². The van der Waals surface area contributed by atoms with Crippen molar-refractivity contribution in [3.05, 3.63) is 47.0 Å². The van der Waals surface area contributed by atoms with Gasteiger partial charge in [-0.25, -0.2) is 13.6 Å². The number of carbonyl (C=O) groups excluding carboxylic acids is 2. The van der Waals surface area contributed by atoms with Crippen molar-refractivity contribution in [2.45, 2.75) is 38.8 Å². The van der Waals surface area contributed by atoms with Gasteiger partial charge in [-0.1, -0.05) is 17.7 Å². The fourth-order valence-electron chi connectivity index (χ4n) is 3.41. The smallest absolute Gasteiger partial charge is 0.318 e. The Bertz CT molecular complexity index is 735. The predicted octanol–water partition coefficient (Wildman–Crippen LogP) is 2.82. The Labute approximate surface area is 151 Å². The lowest BCUT2D eigenvalue weighted by Gasteiger charge is -2.34. The van der Waals surface area contributed by atoms with E-state index in [2.05, 4.69) is 11.4 Å². The standard InChI is InChI=1S/C19H23F2N3O2/c1-13-4-2-9-24(11-13)19(26)22-17-5-3-8-23(18(17)25)12-14-6-7-15(20)10-16(14)21/h4,6-7,10,17H,2-3,5,8-9,11-12H2,1H3,(H,22,26). The van der Waals surface area contributed by atoms with E-state index in [9.17, 15) is 18.4 Å². The van der Waals surface area contributed by atoms with Crippen LogP contribution < -0.4 is 5.32 Å². The summed E-state index contributed by atoms with van der Waals surface area (Å²) in [5.74, 6) is -1.54. The molecule has 0 radical (unpaired) electrons. The first-order chi connectivity index (χ1) is 12.4. The number of piperidine rings is 1. The maximum absolute atomic E-state index is 13.9. The Morgan fingerprint density at radius 2 is 2.12 bits per heavy atom. The zero-order valence-electron chi connectivity index (χ0n) is 14.8. The summed E-state index contributed by atoms with van der Waals surface area (Å²) in [6.45, 7) is 3.74. The van der Waals surface area contributed by atoms with Gasteiger partial charge in [-0.05, 0) is 32.3 Å². The molecule has 1 fully saturated rings. The largest absolute Gasteiger partial charge is 0.336 e. The summed E-state index contributed by atoms with van der Waals surface area (Å²) in [6.07, 6.45) is 4.20. The third kappa shape index (κ3) is 4.20. The summed E-state index contributed by atoms with van der Waals surface area (Å²) in [5, 5.41) is 2.81. The van der Waals surface area contributed by atoms with Crippen molar-refractivity contribution in [1.82, 2.24) is 15.1 Å². The maximum atomic E-state index is 13.9. The highest BCUT2D eigenvalue weighted by molar-refractivity contribution is 5.87. The second-order valence-electron chi connectivity index (χ2n) is 6.90. The van der Waals surface area contributed by atoms with Crippen LogP contribution in [0.4, 0.5) is 13.6 Å². The zero-order chi connectivity index (χ0) is 18.7. The molecular weight excluding hydrogens is 340 g/mol. The highest BCUT2D eigenvalue weighted by atomic mass is 19.1. The van der Waals surface area contributed by atoms with E-state index in [0.29, 0.717) is 26.1 Å². The Morgan fingerprint density at radius 3 is 2.85 bits per heavy atom. The first-order valence-corrected chi connectivity index (χ1v) is 8.88. The Balaban J connectivity index is 1.62. The van der Waals surface area contributed by atoms with Crippen molar-refractivity contribution >= 4 is 11.9 Å². The van der Waals surface area contributed by atoms with E-state index in [1.54, 1.807) is 4.90 Å². The van der Waals surface area contributed by atoms with Crippen LogP contribution in [-0.4, -0.2) is 47.4 Å². The molecule has 2 aliphatic heterocycles. The molecule has 1 atom stereocenters. The summed E-state index contributed by atoms with van der Waals surface area (Å²) < 4.78 is 26.9. The van der Waals surface area contributed by atoms with Gasteiger partial charge in [0, 0.05) is 37.8 Å². The molecule has 1 aromatic carbocycles. The first-order valence-electron chi connectivity index (χ1n) is 8.88. The summed E-state index contributed by atoms with van der Waals surface area (Å²) in [6, 6.07) is 2.49. The predicted molar refractivity (Wildman–Crippen MR) is 93.3 cm³/mol. The number of benzene rings is 1. The van der Waals surface area contributed by atoms with Gasteiger partial charge in [-0.3, -0.25) is 4.79 Å². The quantitative estimate of drug-likeness (QED) is 0.840. The molecular formula is C19H23F2N3O2. The van der Waals surface area contributed by atoms with Crippen LogP contribution in [0.1, 0.15) is 31.7 Å². The highest BCUT2D eigenvalue weighted by Crippen LogP contribution is 2.18. The molecule has 0 bridgehead atoms. The van der Waals surface area contributed by atoms with Crippen LogP contribution in [0.2, 0.25) is 0 Å². The van der Waals surface area contributed by atoms with Gasteiger partial charge in [0.1, 0.15) is 17.7 Å². The summed E-state index contributed by atoms with van der Waals surface area (Å²) >= 11 is 0. The van der Waals surface area contributed by atoms with E-state index in [0.717, 1.165) is 24.5 Å². The number of halogens is 2. The molecule has 3 amide bonds. The molecule has 26 heavy (non-hydrogen) atoms. The summed E-state index contributed by atoms with van der Waals surface area (Å²) in [4.78, 5) is 28.3. The van der Waals surface area contributed by atoms with Gasteiger partial charge in [0.2, 0.25) is 5.91 Å². The molecule has 0 spiro atoms. The molecule has 2 aliphatic rings. The fraction of sp³-hybridized carbons (Fsp3) is 0.474. The molecule has 3 rings (SSSR count). The van der Waals surface area contributed by atoms with Crippen LogP contribution in [0.5, 0.6) is 0 Å². The molecule has 1 N–H and O–H groups in total. The maximum Gasteiger partial charge on any atom is 0.318 e. The number of amides is 3. The number of carbonyl (C=O) groups is 2. The van der Waals surface area contributed by atoms with Gasteiger partial charge in [-0.15, -0.1) is 0 Å². The van der Waals surface area contributed by atoms with Crippen molar-refractivity contribution < 1.29 is 18.4 Å². The van der Waals surface area contributed by atoms with Crippen LogP contribution >= 0.6 is 0 Å². The summed E-state index contributed by atoms with van der Waals surface area (Å²) in [5.41, 5.74) is 1.40. The average molecular weight is 363 g/mol. The van der Waals surface area contributed by atoms with Crippen LogP contribution in [0.25, 0.3) is 0 Å². The summed E-state index contributed by atoms with van der Waals surface area (Å²) in [7, 11) is 0. The number of urea groups is 1. The molecule has 0 aliphatic carbocycles. The van der Waals surface area contributed by atoms with Crippen molar-refractivity contribution in [2.75, 3.05) is 19.6 Å². The lowest BCUT2D eigenvalue weighted by molar-refractivity contribution is -0.136. The number of rotatable bonds is 3. The molecule has 7 heteroatoms. The monoisotopic (exact) mass is 363 g/mol. The van der Waals surface area contributed by atoms with Gasteiger partial charge in [0.05, 0.1) is 0 Å². The van der Waals surface area contributed by atoms with Gasteiger partial charge < -0.3 is 15.1 Å². The number of likely N-dealkylation sites (tertiary alicyclic amines) is 1. The SMILES string of the molecule is CC1=CCCN(C(=O)NC2CCCN(Cc3ccc(F)cc3F)C2=O)C1. The molecule has 2 heterocycles. The van der Waals surface area contributed by atoms with Gasteiger partial charge >= 0.3 is 6.03 Å². The minimum absolute atomic E-state index is 0.0723. The topological polar surface area (TPSA) is 52.7 Å². The van der Waals surface area contributed by atoms with E-state index >= 15 is 0 Å². The molecule has 5 nitrogen and oxygen atoms in total. The van der Waals surface area contributed by atoms with E-state index in [-0.39, 0.29) is 24.0 Å². The molecule has 0 saturated carbocycles. The van der Waals surface area contributed by atoms with Crippen LogP contribution in [0.15, 0.2) is 29.8 Å².